The summed E-state index contributed by atoms with van der Waals surface area (Å²) in [7, 11) is 1.68. The second kappa shape index (κ2) is 6.56. The normalized spacial score (nSPS) is 35.5. The number of nitrogens with zero attached hydrogens (tertiary/aromatic N) is 3. The van der Waals surface area contributed by atoms with Crippen LogP contribution in [0.5, 0.6) is 0 Å². The Morgan fingerprint density at radius 1 is 1.35 bits per heavy atom. The third-order valence-corrected chi connectivity index (χ3v) is 7.91. The van der Waals surface area contributed by atoms with Crippen molar-refractivity contribution in [1.29, 1.82) is 0 Å². The lowest BCUT2D eigenvalue weighted by molar-refractivity contribution is -0.164. The molecule has 0 spiro atoms. The van der Waals surface area contributed by atoms with Gasteiger partial charge in [0.15, 0.2) is 11.4 Å². The molecule has 0 aromatic carbocycles. The highest BCUT2D eigenvalue weighted by atomic mass is 35.5. The Morgan fingerprint density at radius 3 is 2.87 bits per heavy atom. The summed E-state index contributed by atoms with van der Waals surface area (Å²) < 4.78 is 14.6. The smallest absolute Gasteiger partial charge is 0.229 e. The molecule has 2 aromatic heterocycles. The van der Waals surface area contributed by atoms with E-state index in [9.17, 15) is 4.79 Å². The Morgan fingerprint density at radius 2 is 2.16 bits per heavy atom. The largest absolute Gasteiger partial charge is 0.383 e. The number of amides is 1. The monoisotopic (exact) mass is 445 g/mol. The van der Waals surface area contributed by atoms with Crippen LogP contribution in [0.1, 0.15) is 45.6 Å². The van der Waals surface area contributed by atoms with E-state index in [0.717, 1.165) is 29.8 Å². The minimum absolute atomic E-state index is 0.0227. The van der Waals surface area contributed by atoms with Crippen LogP contribution < -0.4 is 10.6 Å². The number of hydrogen-bond donors (Lipinski definition) is 2. The Hall–Kier alpha value is -1.90. The molecule has 31 heavy (non-hydrogen) atoms. The summed E-state index contributed by atoms with van der Waals surface area (Å²) in [6.45, 7) is 4.73. The number of carbonyl (C=O) groups excluding carboxylic acids is 1. The van der Waals surface area contributed by atoms with E-state index < -0.39 is 11.2 Å². The van der Waals surface area contributed by atoms with Gasteiger partial charge < -0.3 is 24.7 Å². The van der Waals surface area contributed by atoms with E-state index in [1.165, 1.54) is 19.3 Å². The fraction of sp³-hybridized carbons (Fsp3) is 0.682. The fourth-order valence-corrected chi connectivity index (χ4v) is 6.17. The average molecular weight is 446 g/mol. The quantitative estimate of drug-likeness (QED) is 0.687. The molecule has 3 saturated carbocycles. The molecule has 0 radical (unpaired) electrons. The number of aromatic nitrogens is 3. The van der Waals surface area contributed by atoms with Gasteiger partial charge in [-0.15, -0.1) is 0 Å². The van der Waals surface area contributed by atoms with Gasteiger partial charge in [0.2, 0.25) is 5.91 Å². The Bertz CT molecular complexity index is 1070. The van der Waals surface area contributed by atoms with Crippen LogP contribution in [0.15, 0.2) is 12.4 Å². The van der Waals surface area contributed by atoms with Crippen molar-refractivity contribution in [3.05, 3.63) is 17.5 Å². The average Bonchev–Trinajstić information content (AvgIpc) is 3.00. The first kappa shape index (κ1) is 19.8. The molecule has 3 aliphatic carbocycles. The van der Waals surface area contributed by atoms with Gasteiger partial charge in [0.1, 0.15) is 22.9 Å². The predicted molar refractivity (Wildman–Crippen MR) is 116 cm³/mol. The van der Waals surface area contributed by atoms with Crippen molar-refractivity contribution in [3.63, 3.8) is 0 Å². The van der Waals surface area contributed by atoms with E-state index in [1.807, 2.05) is 26.2 Å². The van der Waals surface area contributed by atoms with Crippen molar-refractivity contribution in [2.75, 3.05) is 18.9 Å². The van der Waals surface area contributed by atoms with E-state index in [1.54, 1.807) is 7.05 Å². The zero-order valence-electron chi connectivity index (χ0n) is 18.0. The fourth-order valence-electron chi connectivity index (χ4n) is 5.98. The van der Waals surface area contributed by atoms with E-state index in [4.69, 9.17) is 26.1 Å². The summed E-state index contributed by atoms with van der Waals surface area (Å²) in [5, 5.41) is 6.80. The molecule has 0 bridgehead atoms. The minimum Gasteiger partial charge on any atom is -0.383 e. The molecule has 6 rings (SSSR count). The van der Waals surface area contributed by atoms with Crippen LogP contribution in [0.25, 0.3) is 11.2 Å². The maximum Gasteiger partial charge on any atom is 0.229 e. The highest BCUT2D eigenvalue weighted by Crippen LogP contribution is 2.71. The zero-order valence-corrected chi connectivity index (χ0v) is 18.8. The van der Waals surface area contributed by atoms with Crippen molar-refractivity contribution in [1.82, 2.24) is 19.9 Å². The van der Waals surface area contributed by atoms with Crippen LogP contribution in [0.4, 0.5) is 5.69 Å². The molecule has 1 aliphatic heterocycles. The number of carbonyl (C=O) groups is 1. The molecular weight excluding hydrogens is 418 g/mol. The molecule has 2 N–H and O–H groups in total. The summed E-state index contributed by atoms with van der Waals surface area (Å²) >= 11 is 6.41. The molecule has 9 heteroatoms. The van der Waals surface area contributed by atoms with Gasteiger partial charge in [-0.1, -0.05) is 18.0 Å². The lowest BCUT2D eigenvalue weighted by Gasteiger charge is -2.26. The SMILES string of the molecule is CNC(=O)[C@@]12C[C@@H]1[C@@H](n1cnc3c(NCC4CCC4)cc(Cl)nc31)[C@@H]1OC(C)(C)O[C@@H]12. The first-order valence-electron chi connectivity index (χ1n) is 11.2. The Labute approximate surface area is 186 Å². The van der Waals surface area contributed by atoms with Crippen LogP contribution in [0.2, 0.25) is 5.15 Å². The third kappa shape index (κ3) is 2.77. The van der Waals surface area contributed by atoms with Crippen molar-refractivity contribution in [2.24, 2.45) is 17.3 Å². The standard InChI is InChI=1S/C22H28ClN5O3/c1-21(2)30-17-16(12-8-22(12,18(17)31-21)20(29)24-3)28-10-26-15-13(7-14(23)27-19(15)28)25-9-11-5-4-6-11/h7,10-12,16-18H,4-6,8-9H2,1-3H3,(H,24,29)(H,25,27)/t12-,16-,17+,18+,22+/m1/s1. The number of rotatable bonds is 5. The number of ether oxygens (including phenoxy) is 2. The van der Waals surface area contributed by atoms with E-state index >= 15 is 0 Å². The summed E-state index contributed by atoms with van der Waals surface area (Å²) in [5.41, 5.74) is 1.88. The van der Waals surface area contributed by atoms with Crippen molar-refractivity contribution < 1.29 is 14.3 Å². The second-order valence-corrected chi connectivity index (χ2v) is 10.3. The number of imidazole rings is 1. The van der Waals surface area contributed by atoms with Crippen LogP contribution in [-0.2, 0) is 14.3 Å². The van der Waals surface area contributed by atoms with Gasteiger partial charge in [-0.25, -0.2) is 9.97 Å². The zero-order chi connectivity index (χ0) is 21.5. The summed E-state index contributed by atoms with van der Waals surface area (Å²) in [4.78, 5) is 22.2. The molecule has 8 nitrogen and oxygen atoms in total. The van der Waals surface area contributed by atoms with Crippen LogP contribution in [0.3, 0.4) is 0 Å². The first-order valence-corrected chi connectivity index (χ1v) is 11.6. The van der Waals surface area contributed by atoms with Gasteiger partial charge in [0.25, 0.3) is 0 Å². The Kier molecular flexibility index (Phi) is 4.18. The van der Waals surface area contributed by atoms with Gasteiger partial charge >= 0.3 is 0 Å². The highest BCUT2D eigenvalue weighted by Gasteiger charge is 2.79. The molecule has 5 atom stereocenters. The number of pyridine rings is 1. The van der Waals surface area contributed by atoms with Crippen molar-refractivity contribution >= 4 is 34.4 Å². The lowest BCUT2D eigenvalue weighted by Crippen LogP contribution is -2.40. The molecular formula is C22H28ClN5O3. The predicted octanol–water partition coefficient (Wildman–Crippen LogP) is 3.12. The molecule has 4 aliphatic rings. The maximum atomic E-state index is 12.9. The number of nitrogens with one attached hydrogen (secondary N) is 2. The number of hydrogen-bond acceptors (Lipinski definition) is 6. The van der Waals surface area contributed by atoms with Crippen LogP contribution >= 0.6 is 11.6 Å². The molecule has 2 aromatic rings. The summed E-state index contributed by atoms with van der Waals surface area (Å²) in [5.74, 6) is 0.113. The highest BCUT2D eigenvalue weighted by molar-refractivity contribution is 6.30. The van der Waals surface area contributed by atoms with E-state index in [0.29, 0.717) is 11.1 Å². The number of anilines is 1. The second-order valence-electron chi connectivity index (χ2n) is 9.94. The molecule has 1 amide bonds. The molecule has 0 unspecified atom stereocenters. The molecule has 4 fully saturated rings. The summed E-state index contributed by atoms with van der Waals surface area (Å²) in [6, 6.07) is 1.77. The van der Waals surface area contributed by atoms with E-state index in [2.05, 4.69) is 20.2 Å². The number of fused-ring (bicyclic) bond motifs is 4. The molecule has 166 valence electrons. The topological polar surface area (TPSA) is 90.3 Å². The van der Waals surface area contributed by atoms with Crippen LogP contribution in [0, 0.1) is 17.3 Å². The Balaban J connectivity index is 1.39. The first-order chi connectivity index (χ1) is 14.8. The van der Waals surface area contributed by atoms with Gasteiger partial charge in [-0.3, -0.25) is 4.79 Å². The third-order valence-electron chi connectivity index (χ3n) is 7.72. The van der Waals surface area contributed by atoms with Gasteiger partial charge in [0, 0.05) is 25.6 Å². The van der Waals surface area contributed by atoms with Gasteiger partial charge in [0.05, 0.1) is 23.5 Å². The number of halogens is 1. The molecule has 1 saturated heterocycles. The maximum absolute atomic E-state index is 12.9. The summed E-state index contributed by atoms with van der Waals surface area (Å²) in [6.07, 6.45) is 5.91. The van der Waals surface area contributed by atoms with Crippen molar-refractivity contribution in [2.45, 2.75) is 63.6 Å². The van der Waals surface area contributed by atoms with Crippen molar-refractivity contribution in [3.8, 4) is 0 Å². The van der Waals surface area contributed by atoms with Gasteiger partial charge in [-0.05, 0) is 39.0 Å². The van der Waals surface area contributed by atoms with E-state index in [-0.39, 0.29) is 30.1 Å². The molecule has 3 heterocycles. The van der Waals surface area contributed by atoms with Crippen LogP contribution in [-0.4, -0.2) is 52.0 Å². The minimum atomic E-state index is -0.737. The van der Waals surface area contributed by atoms with Gasteiger partial charge in [-0.2, -0.15) is 0 Å². The lowest BCUT2D eigenvalue weighted by atomic mass is 9.85.